The zero-order valence-corrected chi connectivity index (χ0v) is 13.5. The molecule has 1 aliphatic rings. The number of para-hydroxylation sites is 1. The van der Waals surface area contributed by atoms with Crippen LogP contribution in [0, 0.1) is 5.82 Å². The zero-order chi connectivity index (χ0) is 17.2. The van der Waals surface area contributed by atoms with Crippen LogP contribution in [-0.4, -0.2) is 26.7 Å². The monoisotopic (exact) mass is 349 g/mol. The van der Waals surface area contributed by atoms with Gasteiger partial charge in [-0.15, -0.1) is 0 Å². The van der Waals surface area contributed by atoms with Gasteiger partial charge in [0.05, 0.1) is 17.1 Å². The molecule has 0 saturated carbocycles. The lowest BCUT2D eigenvalue weighted by Gasteiger charge is -2.18. The summed E-state index contributed by atoms with van der Waals surface area (Å²) in [5, 5.41) is 4.98. The largest absolute Gasteiger partial charge is 0.323 e. The Bertz CT molecular complexity index is 870. The van der Waals surface area contributed by atoms with Crippen LogP contribution >= 0.6 is 0 Å². The van der Waals surface area contributed by atoms with Crippen LogP contribution < -0.4 is 14.9 Å². The van der Waals surface area contributed by atoms with Gasteiger partial charge in [0, 0.05) is 12.2 Å². The van der Waals surface area contributed by atoms with Gasteiger partial charge >= 0.3 is 6.03 Å². The third-order valence-electron chi connectivity index (χ3n) is 3.61. The van der Waals surface area contributed by atoms with Crippen molar-refractivity contribution in [1.29, 1.82) is 0 Å². The van der Waals surface area contributed by atoms with Crippen LogP contribution in [0.5, 0.6) is 0 Å². The first-order valence-corrected chi connectivity index (χ1v) is 9.00. The zero-order valence-electron chi connectivity index (χ0n) is 12.7. The number of amides is 2. The van der Waals surface area contributed by atoms with Crippen LogP contribution in [0.4, 0.5) is 26.2 Å². The van der Waals surface area contributed by atoms with E-state index >= 15 is 0 Å². The van der Waals surface area contributed by atoms with E-state index in [4.69, 9.17) is 0 Å². The summed E-state index contributed by atoms with van der Waals surface area (Å²) in [5.41, 5.74) is 0.980. The number of nitrogens with one attached hydrogen (secondary N) is 2. The molecule has 0 unspecified atom stereocenters. The highest BCUT2D eigenvalue weighted by molar-refractivity contribution is 7.93. The predicted octanol–water partition coefficient (Wildman–Crippen LogP) is 3.01. The normalized spacial score (nSPS) is 16.0. The molecular weight excluding hydrogens is 333 g/mol. The lowest BCUT2D eigenvalue weighted by Crippen LogP contribution is -2.25. The average molecular weight is 349 g/mol. The van der Waals surface area contributed by atoms with Crippen LogP contribution in [0.2, 0.25) is 0 Å². The van der Waals surface area contributed by atoms with Crippen molar-refractivity contribution in [2.45, 2.75) is 6.42 Å². The molecule has 0 spiro atoms. The van der Waals surface area contributed by atoms with Crippen molar-refractivity contribution < 1.29 is 17.6 Å². The number of sulfonamides is 1. The van der Waals surface area contributed by atoms with E-state index in [1.165, 1.54) is 22.5 Å². The van der Waals surface area contributed by atoms with Crippen molar-refractivity contribution in [3.63, 3.8) is 0 Å². The molecule has 0 atom stereocenters. The van der Waals surface area contributed by atoms with Gasteiger partial charge in [0.25, 0.3) is 0 Å². The SMILES string of the molecule is O=C(Nc1cccc(N2CCCS2(=O)=O)c1)Nc1ccccc1F. The molecule has 2 amide bonds. The molecule has 6 nitrogen and oxygen atoms in total. The summed E-state index contributed by atoms with van der Waals surface area (Å²) >= 11 is 0. The number of hydrogen-bond donors (Lipinski definition) is 2. The molecule has 3 rings (SSSR count). The molecule has 0 bridgehead atoms. The Kier molecular flexibility index (Phi) is 4.39. The molecule has 1 aliphatic heterocycles. The van der Waals surface area contributed by atoms with E-state index in [2.05, 4.69) is 10.6 Å². The second-order valence-corrected chi connectivity index (χ2v) is 7.36. The Morgan fingerprint density at radius 3 is 2.58 bits per heavy atom. The molecule has 2 aromatic rings. The number of anilines is 3. The molecule has 2 N–H and O–H groups in total. The highest BCUT2D eigenvalue weighted by Crippen LogP contribution is 2.26. The smallest absolute Gasteiger partial charge is 0.308 e. The molecule has 8 heteroatoms. The Morgan fingerprint density at radius 2 is 1.88 bits per heavy atom. The van der Waals surface area contributed by atoms with Gasteiger partial charge in [-0.05, 0) is 36.8 Å². The molecule has 1 saturated heterocycles. The second kappa shape index (κ2) is 6.48. The number of rotatable bonds is 3. The summed E-state index contributed by atoms with van der Waals surface area (Å²) in [6.07, 6.45) is 0.577. The van der Waals surface area contributed by atoms with Crippen LogP contribution in [0.25, 0.3) is 0 Å². The molecule has 1 heterocycles. The summed E-state index contributed by atoms with van der Waals surface area (Å²) < 4.78 is 38.8. The summed E-state index contributed by atoms with van der Waals surface area (Å²) in [5.74, 6) is -0.414. The average Bonchev–Trinajstić information content (AvgIpc) is 2.89. The first-order chi connectivity index (χ1) is 11.5. The van der Waals surface area contributed by atoms with Crippen molar-refractivity contribution >= 4 is 33.1 Å². The van der Waals surface area contributed by atoms with E-state index in [0.717, 1.165) is 0 Å². The topological polar surface area (TPSA) is 78.5 Å². The van der Waals surface area contributed by atoms with E-state index in [0.29, 0.717) is 24.3 Å². The Labute approximate surface area is 139 Å². The van der Waals surface area contributed by atoms with Gasteiger partial charge in [-0.25, -0.2) is 17.6 Å². The lowest BCUT2D eigenvalue weighted by molar-refractivity contribution is 0.262. The van der Waals surface area contributed by atoms with Gasteiger partial charge in [0.15, 0.2) is 0 Å². The lowest BCUT2D eigenvalue weighted by atomic mass is 10.2. The van der Waals surface area contributed by atoms with Crippen LogP contribution in [0.1, 0.15) is 6.42 Å². The van der Waals surface area contributed by atoms with E-state index < -0.39 is 21.9 Å². The Morgan fingerprint density at radius 1 is 1.08 bits per heavy atom. The van der Waals surface area contributed by atoms with Gasteiger partial charge in [0.2, 0.25) is 10.0 Å². The van der Waals surface area contributed by atoms with Crippen LogP contribution in [0.3, 0.4) is 0 Å². The Balaban J connectivity index is 1.73. The maximum Gasteiger partial charge on any atom is 0.323 e. The Hall–Kier alpha value is -2.61. The minimum atomic E-state index is -3.28. The van der Waals surface area contributed by atoms with Gasteiger partial charge < -0.3 is 10.6 Å². The number of urea groups is 1. The molecule has 126 valence electrons. The molecule has 0 radical (unpaired) electrons. The fourth-order valence-corrected chi connectivity index (χ4v) is 4.07. The number of halogens is 1. The highest BCUT2D eigenvalue weighted by Gasteiger charge is 2.28. The summed E-state index contributed by atoms with van der Waals surface area (Å²) in [7, 11) is -3.28. The fraction of sp³-hybridized carbons (Fsp3) is 0.188. The fourth-order valence-electron chi connectivity index (χ4n) is 2.52. The first-order valence-electron chi connectivity index (χ1n) is 7.39. The van der Waals surface area contributed by atoms with Gasteiger partial charge in [-0.2, -0.15) is 0 Å². The highest BCUT2D eigenvalue weighted by atomic mass is 32.2. The maximum absolute atomic E-state index is 13.5. The minimum absolute atomic E-state index is 0.0632. The number of hydrogen-bond acceptors (Lipinski definition) is 3. The predicted molar refractivity (Wildman–Crippen MR) is 91.2 cm³/mol. The van der Waals surface area contributed by atoms with Crippen molar-refractivity contribution in [2.75, 3.05) is 27.2 Å². The van der Waals surface area contributed by atoms with Crippen molar-refractivity contribution in [3.05, 3.63) is 54.3 Å². The summed E-state index contributed by atoms with van der Waals surface area (Å²) in [6, 6.07) is 11.7. The van der Waals surface area contributed by atoms with Gasteiger partial charge in [0.1, 0.15) is 5.82 Å². The van der Waals surface area contributed by atoms with Crippen LogP contribution in [-0.2, 0) is 10.0 Å². The van der Waals surface area contributed by atoms with Gasteiger partial charge in [-0.3, -0.25) is 4.31 Å². The third kappa shape index (κ3) is 3.48. The van der Waals surface area contributed by atoms with Crippen molar-refractivity contribution in [1.82, 2.24) is 0 Å². The van der Waals surface area contributed by atoms with E-state index in [1.807, 2.05) is 0 Å². The number of carbonyl (C=O) groups excluding carboxylic acids is 1. The van der Waals surface area contributed by atoms with Crippen molar-refractivity contribution in [3.8, 4) is 0 Å². The van der Waals surface area contributed by atoms with E-state index in [9.17, 15) is 17.6 Å². The standard InChI is InChI=1S/C16H16FN3O3S/c17-14-7-1-2-8-15(14)19-16(21)18-12-5-3-6-13(11-12)20-9-4-10-24(20,22)23/h1-3,5-8,11H,4,9-10H2,(H2,18,19,21). The molecule has 0 aromatic heterocycles. The van der Waals surface area contributed by atoms with Crippen molar-refractivity contribution in [2.24, 2.45) is 0 Å². The quantitative estimate of drug-likeness (QED) is 0.894. The second-order valence-electron chi connectivity index (χ2n) is 5.35. The van der Waals surface area contributed by atoms with E-state index in [-0.39, 0.29) is 11.4 Å². The summed E-state index contributed by atoms with van der Waals surface area (Å²) in [6.45, 7) is 0.424. The molecule has 1 fully saturated rings. The number of benzene rings is 2. The minimum Gasteiger partial charge on any atom is -0.308 e. The third-order valence-corrected chi connectivity index (χ3v) is 5.48. The first kappa shape index (κ1) is 16.3. The molecule has 24 heavy (non-hydrogen) atoms. The number of carbonyl (C=O) groups is 1. The van der Waals surface area contributed by atoms with Crippen LogP contribution in [0.15, 0.2) is 48.5 Å². The molecule has 2 aromatic carbocycles. The number of nitrogens with zero attached hydrogens (tertiary/aromatic N) is 1. The molecular formula is C16H16FN3O3S. The van der Waals surface area contributed by atoms with Gasteiger partial charge in [-0.1, -0.05) is 18.2 Å². The molecule has 0 aliphatic carbocycles. The van der Waals surface area contributed by atoms with E-state index in [1.54, 1.807) is 30.3 Å². The summed E-state index contributed by atoms with van der Waals surface area (Å²) in [4.78, 5) is 12.0. The maximum atomic E-state index is 13.5.